The Morgan fingerprint density at radius 1 is 1.04 bits per heavy atom. The number of amides is 2. The van der Waals surface area contributed by atoms with Crippen molar-refractivity contribution in [1.29, 1.82) is 0 Å². The largest absolute Gasteiger partial charge is 0.339 e. The van der Waals surface area contributed by atoms with Gasteiger partial charge in [-0.05, 0) is 43.0 Å². The summed E-state index contributed by atoms with van der Waals surface area (Å²) in [6.45, 7) is 2.03. The van der Waals surface area contributed by atoms with Crippen molar-refractivity contribution in [1.82, 2.24) is 9.88 Å². The molecule has 2 amide bonds. The summed E-state index contributed by atoms with van der Waals surface area (Å²) in [6.07, 6.45) is 0. The Bertz CT molecular complexity index is 948. The number of benzene rings is 2. The lowest BCUT2D eigenvalue weighted by molar-refractivity contribution is 0.102. The summed E-state index contributed by atoms with van der Waals surface area (Å²) in [6, 6.07) is 15.2. The van der Waals surface area contributed by atoms with Crippen LogP contribution in [0.2, 0.25) is 0 Å². The topological polar surface area (TPSA) is 62.3 Å². The van der Waals surface area contributed by atoms with Gasteiger partial charge in [0.05, 0.1) is 0 Å². The molecule has 7 heteroatoms. The number of carbonyl (C=O) groups is 2. The zero-order valence-corrected chi connectivity index (χ0v) is 16.9. The van der Waals surface area contributed by atoms with Crippen LogP contribution in [-0.2, 0) is 0 Å². The third kappa shape index (κ3) is 4.96. The van der Waals surface area contributed by atoms with E-state index in [0.29, 0.717) is 11.4 Å². The maximum absolute atomic E-state index is 12.4. The molecule has 3 rings (SSSR count). The van der Waals surface area contributed by atoms with E-state index in [0.717, 1.165) is 27.2 Å². The predicted molar refractivity (Wildman–Crippen MR) is 112 cm³/mol. The molecule has 1 heterocycles. The number of nitrogens with one attached hydrogen (secondary N) is 1. The number of hydrogen-bond donors (Lipinski definition) is 1. The van der Waals surface area contributed by atoms with Crippen LogP contribution in [0.4, 0.5) is 10.5 Å². The van der Waals surface area contributed by atoms with Crippen LogP contribution >= 0.6 is 23.1 Å². The van der Waals surface area contributed by atoms with Crippen LogP contribution in [-0.4, -0.2) is 35.1 Å². The maximum atomic E-state index is 12.4. The molecular formula is C20H19N3O2S2. The number of nitrogens with zero attached hydrogens (tertiary/aromatic N) is 2. The van der Waals surface area contributed by atoms with Gasteiger partial charge in [-0.1, -0.05) is 29.8 Å². The molecule has 0 unspecified atom stereocenters. The third-order valence-corrected chi connectivity index (χ3v) is 5.66. The van der Waals surface area contributed by atoms with Crippen LogP contribution in [0.15, 0.2) is 58.8 Å². The highest BCUT2D eigenvalue weighted by Crippen LogP contribution is 2.25. The van der Waals surface area contributed by atoms with Gasteiger partial charge in [0.25, 0.3) is 11.1 Å². The summed E-state index contributed by atoms with van der Waals surface area (Å²) in [5, 5.41) is 5.36. The molecule has 0 radical (unpaired) electrons. The van der Waals surface area contributed by atoms with E-state index < -0.39 is 0 Å². The average Bonchev–Trinajstić information content (AvgIpc) is 3.14. The normalized spacial score (nSPS) is 10.5. The molecule has 27 heavy (non-hydrogen) atoms. The van der Waals surface area contributed by atoms with E-state index >= 15 is 0 Å². The number of carbonyl (C=O) groups excluding carboxylic acids is 2. The van der Waals surface area contributed by atoms with Crippen molar-refractivity contribution in [3.8, 4) is 10.6 Å². The van der Waals surface area contributed by atoms with Crippen molar-refractivity contribution >= 4 is 39.9 Å². The SMILES string of the molecule is Cc1ccc(-c2nc(C(=O)Nc3ccc(SC(=O)N(C)C)cc3)cs2)cc1. The van der Waals surface area contributed by atoms with Crippen LogP contribution < -0.4 is 5.32 Å². The summed E-state index contributed by atoms with van der Waals surface area (Å²) in [5.74, 6) is -0.255. The Kier molecular flexibility index (Phi) is 5.93. The third-order valence-electron chi connectivity index (χ3n) is 3.72. The Morgan fingerprint density at radius 2 is 1.70 bits per heavy atom. The molecule has 0 fully saturated rings. The standard InChI is InChI=1S/C20H19N3O2S2/c1-13-4-6-14(7-5-13)19-22-17(12-26-19)18(24)21-15-8-10-16(11-9-15)27-20(25)23(2)3/h4-12H,1-3H3,(H,21,24). The Morgan fingerprint density at radius 3 is 2.33 bits per heavy atom. The van der Waals surface area contributed by atoms with Gasteiger partial charge in [0.1, 0.15) is 10.7 Å². The minimum absolute atomic E-state index is 0.0436. The molecule has 0 aliphatic carbocycles. The van der Waals surface area contributed by atoms with Crippen molar-refractivity contribution in [3.05, 3.63) is 65.2 Å². The van der Waals surface area contributed by atoms with Crippen molar-refractivity contribution in [2.45, 2.75) is 11.8 Å². The number of aromatic nitrogens is 1. The highest BCUT2D eigenvalue weighted by Gasteiger charge is 2.13. The molecule has 138 valence electrons. The summed E-state index contributed by atoms with van der Waals surface area (Å²) in [7, 11) is 3.42. The second-order valence-electron chi connectivity index (χ2n) is 6.14. The fourth-order valence-electron chi connectivity index (χ4n) is 2.20. The van der Waals surface area contributed by atoms with E-state index in [9.17, 15) is 9.59 Å². The van der Waals surface area contributed by atoms with Gasteiger partial charge in [0.2, 0.25) is 0 Å². The molecule has 0 spiro atoms. The smallest absolute Gasteiger partial charge is 0.285 e. The van der Waals surface area contributed by atoms with Crippen LogP contribution in [0.3, 0.4) is 0 Å². The maximum Gasteiger partial charge on any atom is 0.285 e. The van der Waals surface area contributed by atoms with Gasteiger partial charge in [-0.2, -0.15) is 0 Å². The van der Waals surface area contributed by atoms with Gasteiger partial charge in [-0.15, -0.1) is 11.3 Å². The lowest BCUT2D eigenvalue weighted by Crippen LogP contribution is -2.16. The van der Waals surface area contributed by atoms with Crippen molar-refractivity contribution in [2.75, 3.05) is 19.4 Å². The lowest BCUT2D eigenvalue weighted by atomic mass is 10.2. The van der Waals surface area contributed by atoms with Crippen molar-refractivity contribution < 1.29 is 9.59 Å². The summed E-state index contributed by atoms with van der Waals surface area (Å²) in [4.78, 5) is 30.9. The second-order valence-corrected chi connectivity index (χ2v) is 8.03. The van der Waals surface area contributed by atoms with Crippen LogP contribution in [0.25, 0.3) is 10.6 Å². The van der Waals surface area contributed by atoms with Gasteiger partial charge in [-0.25, -0.2) is 4.98 Å². The zero-order valence-electron chi connectivity index (χ0n) is 15.2. The molecule has 5 nitrogen and oxygen atoms in total. The van der Waals surface area contributed by atoms with E-state index in [-0.39, 0.29) is 11.1 Å². The molecular weight excluding hydrogens is 378 g/mol. The minimum Gasteiger partial charge on any atom is -0.339 e. The number of hydrogen-bond acceptors (Lipinski definition) is 5. The first-order chi connectivity index (χ1) is 12.9. The molecule has 2 aromatic carbocycles. The Balaban J connectivity index is 1.65. The van der Waals surface area contributed by atoms with Gasteiger partial charge < -0.3 is 10.2 Å². The van der Waals surface area contributed by atoms with E-state index in [2.05, 4.69) is 10.3 Å². The molecule has 0 saturated heterocycles. The number of thiazole rings is 1. The van der Waals surface area contributed by atoms with Crippen molar-refractivity contribution in [2.24, 2.45) is 0 Å². The van der Waals surface area contributed by atoms with E-state index in [4.69, 9.17) is 0 Å². The molecule has 1 N–H and O–H groups in total. The van der Waals surface area contributed by atoms with E-state index in [1.165, 1.54) is 21.8 Å². The molecule has 0 aliphatic rings. The number of aryl methyl sites for hydroxylation is 1. The highest BCUT2D eigenvalue weighted by atomic mass is 32.2. The van der Waals surface area contributed by atoms with Crippen LogP contribution in [0, 0.1) is 6.92 Å². The first kappa shape index (κ1) is 19.1. The molecule has 0 aliphatic heterocycles. The number of anilines is 1. The minimum atomic E-state index is -0.255. The van der Waals surface area contributed by atoms with Gasteiger partial charge in [0, 0.05) is 35.6 Å². The van der Waals surface area contributed by atoms with Gasteiger partial charge >= 0.3 is 0 Å². The quantitative estimate of drug-likeness (QED) is 0.619. The van der Waals surface area contributed by atoms with E-state index in [1.54, 1.807) is 43.7 Å². The zero-order chi connectivity index (χ0) is 19.4. The predicted octanol–water partition coefficient (Wildman–Crippen LogP) is 5.14. The Labute approximate surface area is 166 Å². The number of rotatable bonds is 4. The van der Waals surface area contributed by atoms with Gasteiger partial charge in [-0.3, -0.25) is 9.59 Å². The highest BCUT2D eigenvalue weighted by molar-refractivity contribution is 8.13. The molecule has 0 bridgehead atoms. The fourth-order valence-corrected chi connectivity index (χ4v) is 3.66. The lowest BCUT2D eigenvalue weighted by Gasteiger charge is -2.09. The summed E-state index contributed by atoms with van der Waals surface area (Å²) < 4.78 is 0. The molecule has 0 saturated carbocycles. The Hall–Kier alpha value is -2.64. The first-order valence-corrected chi connectivity index (χ1v) is 9.95. The first-order valence-electron chi connectivity index (χ1n) is 8.25. The fraction of sp³-hybridized carbons (Fsp3) is 0.150. The average molecular weight is 398 g/mol. The molecule has 3 aromatic rings. The summed E-state index contributed by atoms with van der Waals surface area (Å²) in [5.41, 5.74) is 3.22. The van der Waals surface area contributed by atoms with Crippen molar-refractivity contribution in [3.63, 3.8) is 0 Å². The monoisotopic (exact) mass is 397 g/mol. The second kappa shape index (κ2) is 8.37. The molecule has 1 aromatic heterocycles. The van der Waals surface area contributed by atoms with Gasteiger partial charge in [0.15, 0.2) is 0 Å². The summed E-state index contributed by atoms with van der Waals surface area (Å²) >= 11 is 2.58. The van der Waals surface area contributed by atoms with E-state index in [1.807, 2.05) is 31.2 Å². The van der Waals surface area contributed by atoms with Crippen LogP contribution in [0.1, 0.15) is 16.1 Å². The number of thioether (sulfide) groups is 1. The van der Waals surface area contributed by atoms with Crippen LogP contribution in [0.5, 0.6) is 0 Å². The molecule has 0 atom stereocenters.